The fourth-order valence-electron chi connectivity index (χ4n) is 2.74. The molecule has 0 unspecified atom stereocenters. The Bertz CT molecular complexity index is 1020. The van der Waals surface area contributed by atoms with Crippen LogP contribution < -0.4 is 14.8 Å². The molecule has 0 saturated carbocycles. The number of hydrogen-bond acceptors (Lipinski definition) is 5. The van der Waals surface area contributed by atoms with Crippen molar-refractivity contribution in [1.29, 1.82) is 0 Å². The van der Waals surface area contributed by atoms with E-state index in [1.54, 1.807) is 24.3 Å². The monoisotopic (exact) mass is 428 g/mol. The van der Waals surface area contributed by atoms with E-state index in [-0.39, 0.29) is 18.9 Å². The fourth-order valence-corrected chi connectivity index (χ4v) is 2.92. The van der Waals surface area contributed by atoms with Gasteiger partial charge in [-0.25, -0.2) is 0 Å². The number of likely N-dealkylation sites (N-methyl/N-ethyl adjacent to an activating group) is 1. The lowest BCUT2D eigenvalue weighted by molar-refractivity contribution is -0.116. The lowest BCUT2D eigenvalue weighted by Crippen LogP contribution is -2.35. The minimum atomic E-state index is -0.431. The van der Waals surface area contributed by atoms with Crippen LogP contribution in [0.4, 0.5) is 5.69 Å². The summed E-state index contributed by atoms with van der Waals surface area (Å²) in [5.74, 6) is 0.440. The average Bonchev–Trinajstić information content (AvgIpc) is 3.21. The number of furan rings is 1. The van der Waals surface area contributed by atoms with Crippen LogP contribution in [0, 0.1) is 0 Å². The summed E-state index contributed by atoms with van der Waals surface area (Å²) < 4.78 is 16.2. The van der Waals surface area contributed by atoms with Crippen LogP contribution in [0.2, 0.25) is 5.02 Å². The highest BCUT2D eigenvalue weighted by Gasteiger charge is 2.22. The van der Waals surface area contributed by atoms with E-state index in [4.69, 9.17) is 25.5 Å². The van der Waals surface area contributed by atoms with Gasteiger partial charge in [0, 0.05) is 17.6 Å². The molecular formula is C22H21ClN2O5. The summed E-state index contributed by atoms with van der Waals surface area (Å²) in [6.45, 7) is -0.0183. The quantitative estimate of drug-likeness (QED) is 0.580. The van der Waals surface area contributed by atoms with Gasteiger partial charge in [-0.2, -0.15) is 0 Å². The first-order chi connectivity index (χ1) is 14.5. The Morgan fingerprint density at radius 2 is 1.90 bits per heavy atom. The number of benzene rings is 2. The summed E-state index contributed by atoms with van der Waals surface area (Å²) in [6.07, 6.45) is 1.42. The van der Waals surface area contributed by atoms with Crippen LogP contribution in [0.15, 0.2) is 65.3 Å². The molecule has 2 aromatic carbocycles. The lowest BCUT2D eigenvalue weighted by atomic mass is 10.2. The molecule has 7 nitrogen and oxygen atoms in total. The smallest absolute Gasteiger partial charge is 0.290 e. The highest BCUT2D eigenvalue weighted by atomic mass is 35.5. The Hall–Kier alpha value is -3.45. The molecule has 0 spiro atoms. The number of methoxy groups -OCH3 is 1. The first kappa shape index (κ1) is 21.3. The number of amides is 2. The second-order valence-corrected chi connectivity index (χ2v) is 6.87. The number of ether oxygens (including phenoxy) is 2. The van der Waals surface area contributed by atoms with Gasteiger partial charge in [-0.1, -0.05) is 29.8 Å². The SMILES string of the molecule is COc1ccc(Cl)cc1NC(=O)CN(C)C(=O)c1occc1COc1ccccc1. The normalized spacial score (nSPS) is 10.4. The first-order valence-corrected chi connectivity index (χ1v) is 9.49. The number of rotatable bonds is 8. The van der Waals surface area contributed by atoms with Gasteiger partial charge in [0.1, 0.15) is 18.1 Å². The van der Waals surface area contributed by atoms with Crippen LogP contribution in [0.5, 0.6) is 11.5 Å². The summed E-state index contributed by atoms with van der Waals surface area (Å²) in [7, 11) is 3.01. The number of carbonyl (C=O) groups is 2. The van der Waals surface area contributed by atoms with Gasteiger partial charge in [0.05, 0.1) is 25.6 Å². The molecular weight excluding hydrogens is 408 g/mol. The van der Waals surface area contributed by atoms with Crippen molar-refractivity contribution >= 4 is 29.1 Å². The van der Waals surface area contributed by atoms with E-state index in [1.165, 1.54) is 25.3 Å². The van der Waals surface area contributed by atoms with E-state index in [0.717, 1.165) is 0 Å². The van der Waals surface area contributed by atoms with E-state index in [9.17, 15) is 9.59 Å². The van der Waals surface area contributed by atoms with Crippen LogP contribution in [-0.2, 0) is 11.4 Å². The van der Waals surface area contributed by atoms with Crippen molar-refractivity contribution in [3.05, 3.63) is 77.2 Å². The Morgan fingerprint density at radius 1 is 1.13 bits per heavy atom. The zero-order valence-electron chi connectivity index (χ0n) is 16.6. The summed E-state index contributed by atoms with van der Waals surface area (Å²) in [5, 5.41) is 3.15. The van der Waals surface area contributed by atoms with Crippen LogP contribution in [-0.4, -0.2) is 37.4 Å². The zero-order chi connectivity index (χ0) is 21.5. The summed E-state index contributed by atoms with van der Waals surface area (Å²) >= 11 is 5.98. The molecule has 0 aliphatic rings. The Morgan fingerprint density at radius 3 is 2.63 bits per heavy atom. The average molecular weight is 429 g/mol. The lowest BCUT2D eigenvalue weighted by Gasteiger charge is -2.17. The van der Waals surface area contributed by atoms with E-state index >= 15 is 0 Å². The van der Waals surface area contributed by atoms with Gasteiger partial charge >= 0.3 is 0 Å². The van der Waals surface area contributed by atoms with E-state index in [2.05, 4.69) is 5.32 Å². The van der Waals surface area contributed by atoms with Crippen LogP contribution >= 0.6 is 11.6 Å². The molecule has 30 heavy (non-hydrogen) atoms. The third kappa shape index (κ3) is 5.33. The van der Waals surface area contributed by atoms with Gasteiger partial charge in [0.25, 0.3) is 5.91 Å². The van der Waals surface area contributed by atoms with E-state index in [1.807, 2.05) is 30.3 Å². The number of nitrogens with one attached hydrogen (secondary N) is 1. The maximum absolute atomic E-state index is 12.8. The standard InChI is InChI=1S/C22H21ClN2O5/c1-25(13-20(26)24-18-12-16(23)8-9-19(18)28-2)22(27)21-15(10-11-29-21)14-30-17-6-4-3-5-7-17/h3-12H,13-14H2,1-2H3,(H,24,26). The minimum Gasteiger partial charge on any atom is -0.495 e. The molecule has 156 valence electrons. The first-order valence-electron chi connectivity index (χ1n) is 9.11. The molecule has 0 aliphatic heterocycles. The zero-order valence-corrected chi connectivity index (χ0v) is 17.3. The number of halogens is 1. The van der Waals surface area contributed by atoms with Crippen molar-refractivity contribution < 1.29 is 23.5 Å². The van der Waals surface area contributed by atoms with Crippen LogP contribution in [0.1, 0.15) is 16.1 Å². The Labute approximate surface area is 179 Å². The second kappa shape index (κ2) is 9.84. The van der Waals surface area contributed by atoms with Crippen molar-refractivity contribution in [3.63, 3.8) is 0 Å². The molecule has 8 heteroatoms. The molecule has 0 fully saturated rings. The number of anilines is 1. The van der Waals surface area contributed by atoms with Gasteiger partial charge in [-0.3, -0.25) is 9.59 Å². The molecule has 0 bridgehead atoms. The molecule has 1 heterocycles. The van der Waals surface area contributed by atoms with E-state index in [0.29, 0.717) is 27.8 Å². The van der Waals surface area contributed by atoms with Gasteiger partial charge in [-0.15, -0.1) is 0 Å². The van der Waals surface area contributed by atoms with Crippen molar-refractivity contribution in [1.82, 2.24) is 4.90 Å². The molecule has 1 aromatic heterocycles. The van der Waals surface area contributed by atoms with Crippen molar-refractivity contribution in [2.24, 2.45) is 0 Å². The third-order valence-corrected chi connectivity index (χ3v) is 4.48. The minimum absolute atomic E-state index is 0.126. The van der Waals surface area contributed by atoms with Gasteiger partial charge in [-0.05, 0) is 36.4 Å². The number of nitrogens with zero attached hydrogens (tertiary/aromatic N) is 1. The predicted molar refractivity (Wildman–Crippen MR) is 113 cm³/mol. The molecule has 3 rings (SSSR count). The van der Waals surface area contributed by atoms with Gasteiger partial charge in [0.2, 0.25) is 5.91 Å². The molecule has 2 amide bonds. The number of hydrogen-bond donors (Lipinski definition) is 1. The Kier molecular flexibility index (Phi) is 6.98. The number of para-hydroxylation sites is 1. The summed E-state index contributed by atoms with van der Waals surface area (Å²) in [4.78, 5) is 26.4. The third-order valence-electron chi connectivity index (χ3n) is 4.24. The summed E-state index contributed by atoms with van der Waals surface area (Å²) in [5.41, 5.74) is 1.01. The summed E-state index contributed by atoms with van der Waals surface area (Å²) in [6, 6.07) is 15.8. The van der Waals surface area contributed by atoms with E-state index < -0.39 is 11.8 Å². The second-order valence-electron chi connectivity index (χ2n) is 6.43. The molecule has 0 aliphatic carbocycles. The molecule has 0 saturated heterocycles. The highest BCUT2D eigenvalue weighted by molar-refractivity contribution is 6.31. The Balaban J connectivity index is 1.62. The molecule has 0 atom stereocenters. The van der Waals surface area contributed by atoms with Crippen molar-refractivity contribution in [2.75, 3.05) is 26.0 Å². The fraction of sp³-hybridized carbons (Fsp3) is 0.182. The van der Waals surface area contributed by atoms with Crippen molar-refractivity contribution in [2.45, 2.75) is 6.61 Å². The van der Waals surface area contributed by atoms with Gasteiger partial charge in [0.15, 0.2) is 5.76 Å². The molecule has 1 N–H and O–H groups in total. The van der Waals surface area contributed by atoms with Crippen LogP contribution in [0.3, 0.4) is 0 Å². The van der Waals surface area contributed by atoms with Crippen LogP contribution in [0.25, 0.3) is 0 Å². The maximum Gasteiger partial charge on any atom is 0.290 e. The largest absolute Gasteiger partial charge is 0.495 e. The molecule has 3 aromatic rings. The molecule has 0 radical (unpaired) electrons. The number of carbonyl (C=O) groups excluding carboxylic acids is 2. The van der Waals surface area contributed by atoms with Gasteiger partial charge < -0.3 is 24.1 Å². The topological polar surface area (TPSA) is 81.0 Å². The van der Waals surface area contributed by atoms with Crippen molar-refractivity contribution in [3.8, 4) is 11.5 Å². The maximum atomic E-state index is 12.8. The predicted octanol–water partition coefficient (Wildman–Crippen LogP) is 4.23. The highest BCUT2D eigenvalue weighted by Crippen LogP contribution is 2.27.